The van der Waals surface area contributed by atoms with E-state index in [1.54, 1.807) is 0 Å². The Morgan fingerprint density at radius 3 is 2.70 bits per heavy atom. The quantitative estimate of drug-likeness (QED) is 0.514. The van der Waals surface area contributed by atoms with Crippen LogP contribution in [0.5, 0.6) is 0 Å². The number of primary amides is 1. The van der Waals surface area contributed by atoms with Crippen LogP contribution in [0.1, 0.15) is 17.3 Å². The molecule has 20 heavy (non-hydrogen) atoms. The van der Waals surface area contributed by atoms with Crippen molar-refractivity contribution in [2.45, 2.75) is 18.2 Å². The molecule has 1 rings (SSSR count). The van der Waals surface area contributed by atoms with E-state index in [4.69, 9.17) is 5.73 Å². The SMILES string of the molecule is CSC(CO)C(C)Nc1ccc(C(N)=O)cc1[N+](=O)[O-]. The second kappa shape index (κ2) is 7.11. The number of amides is 1. The molecule has 2 unspecified atom stereocenters. The van der Waals surface area contributed by atoms with Crippen molar-refractivity contribution in [1.82, 2.24) is 0 Å². The molecule has 0 aromatic heterocycles. The van der Waals surface area contributed by atoms with Gasteiger partial charge >= 0.3 is 0 Å². The van der Waals surface area contributed by atoms with Gasteiger partial charge in [-0.15, -0.1) is 0 Å². The number of nitro groups is 1. The number of nitrogens with two attached hydrogens (primary N) is 1. The summed E-state index contributed by atoms with van der Waals surface area (Å²) in [5, 5.41) is 23.2. The third-order valence-electron chi connectivity index (χ3n) is 2.90. The minimum absolute atomic E-state index is 0.0392. The number of thioether (sulfide) groups is 1. The van der Waals surface area contributed by atoms with E-state index in [9.17, 15) is 20.0 Å². The Kier molecular flexibility index (Phi) is 5.78. The van der Waals surface area contributed by atoms with E-state index in [2.05, 4.69) is 5.32 Å². The van der Waals surface area contributed by atoms with Crippen molar-refractivity contribution in [3.05, 3.63) is 33.9 Å². The first-order chi connectivity index (χ1) is 9.40. The number of carbonyl (C=O) groups excluding carboxylic acids is 1. The van der Waals surface area contributed by atoms with Crippen molar-refractivity contribution >= 4 is 29.0 Å². The molecule has 0 aliphatic carbocycles. The molecule has 0 aliphatic heterocycles. The van der Waals surface area contributed by atoms with Gasteiger partial charge in [-0.2, -0.15) is 11.8 Å². The molecule has 110 valence electrons. The van der Waals surface area contributed by atoms with Gasteiger partial charge in [-0.1, -0.05) is 0 Å². The number of hydrogen-bond donors (Lipinski definition) is 3. The van der Waals surface area contributed by atoms with Crippen LogP contribution < -0.4 is 11.1 Å². The highest BCUT2D eigenvalue weighted by Gasteiger charge is 2.21. The van der Waals surface area contributed by atoms with Gasteiger partial charge in [0.15, 0.2) is 0 Å². The smallest absolute Gasteiger partial charge is 0.293 e. The first-order valence-electron chi connectivity index (χ1n) is 5.89. The Morgan fingerprint density at radius 2 is 2.25 bits per heavy atom. The second-order valence-corrected chi connectivity index (χ2v) is 5.32. The molecule has 0 heterocycles. The fraction of sp³-hybridized carbons (Fsp3) is 0.417. The molecule has 0 bridgehead atoms. The minimum atomic E-state index is -0.718. The van der Waals surface area contributed by atoms with Crippen LogP contribution in [0, 0.1) is 10.1 Å². The summed E-state index contributed by atoms with van der Waals surface area (Å²) in [6.07, 6.45) is 1.85. The maximum Gasteiger partial charge on any atom is 0.293 e. The number of anilines is 1. The summed E-state index contributed by atoms with van der Waals surface area (Å²) in [7, 11) is 0. The van der Waals surface area contributed by atoms with Gasteiger partial charge in [0.2, 0.25) is 5.91 Å². The van der Waals surface area contributed by atoms with E-state index < -0.39 is 10.8 Å². The highest BCUT2D eigenvalue weighted by atomic mass is 32.2. The number of nitro benzene ring substituents is 1. The van der Waals surface area contributed by atoms with Gasteiger partial charge < -0.3 is 16.2 Å². The predicted octanol–water partition coefficient (Wildman–Crippen LogP) is 1.22. The Hall–Kier alpha value is -1.80. The molecular weight excluding hydrogens is 282 g/mol. The summed E-state index contributed by atoms with van der Waals surface area (Å²) in [5.41, 5.74) is 5.26. The molecule has 0 aliphatic rings. The van der Waals surface area contributed by atoms with Crippen LogP contribution in [-0.4, -0.2) is 40.1 Å². The highest BCUT2D eigenvalue weighted by molar-refractivity contribution is 7.99. The summed E-state index contributed by atoms with van der Waals surface area (Å²) in [4.78, 5) is 21.5. The summed E-state index contributed by atoms with van der Waals surface area (Å²) >= 11 is 1.46. The van der Waals surface area contributed by atoms with Crippen LogP contribution >= 0.6 is 11.8 Å². The highest BCUT2D eigenvalue weighted by Crippen LogP contribution is 2.27. The zero-order valence-corrected chi connectivity index (χ0v) is 12.0. The van der Waals surface area contributed by atoms with E-state index in [-0.39, 0.29) is 29.1 Å². The Labute approximate surface area is 120 Å². The van der Waals surface area contributed by atoms with Gasteiger partial charge in [-0.25, -0.2) is 0 Å². The Morgan fingerprint density at radius 1 is 1.60 bits per heavy atom. The van der Waals surface area contributed by atoms with Crippen molar-refractivity contribution < 1.29 is 14.8 Å². The number of nitrogens with one attached hydrogen (secondary N) is 1. The van der Waals surface area contributed by atoms with Crippen LogP contribution in [0.25, 0.3) is 0 Å². The number of hydrogen-bond acceptors (Lipinski definition) is 6. The number of rotatable bonds is 7. The molecule has 0 saturated carbocycles. The number of aliphatic hydroxyl groups is 1. The van der Waals surface area contributed by atoms with E-state index in [0.717, 1.165) is 6.07 Å². The van der Waals surface area contributed by atoms with Crippen LogP contribution in [-0.2, 0) is 0 Å². The average Bonchev–Trinajstić information content (AvgIpc) is 2.39. The van der Waals surface area contributed by atoms with Crippen molar-refractivity contribution in [2.24, 2.45) is 5.73 Å². The lowest BCUT2D eigenvalue weighted by Crippen LogP contribution is -2.31. The zero-order valence-electron chi connectivity index (χ0n) is 11.2. The number of carbonyl (C=O) groups is 1. The van der Waals surface area contributed by atoms with Crippen molar-refractivity contribution in [3.63, 3.8) is 0 Å². The van der Waals surface area contributed by atoms with Gasteiger partial charge in [-0.05, 0) is 25.3 Å². The van der Waals surface area contributed by atoms with Crippen LogP contribution in [0.15, 0.2) is 18.2 Å². The normalized spacial score (nSPS) is 13.6. The van der Waals surface area contributed by atoms with Gasteiger partial charge in [-0.3, -0.25) is 14.9 Å². The molecule has 1 aromatic carbocycles. The topological polar surface area (TPSA) is 118 Å². The van der Waals surface area contributed by atoms with E-state index in [0.29, 0.717) is 5.69 Å². The van der Waals surface area contributed by atoms with Crippen molar-refractivity contribution in [3.8, 4) is 0 Å². The minimum Gasteiger partial charge on any atom is -0.395 e. The van der Waals surface area contributed by atoms with Gasteiger partial charge in [0.05, 0.1) is 11.5 Å². The average molecular weight is 299 g/mol. The van der Waals surface area contributed by atoms with Crippen LogP contribution in [0.4, 0.5) is 11.4 Å². The summed E-state index contributed by atoms with van der Waals surface area (Å²) in [5.74, 6) is -0.718. The van der Waals surface area contributed by atoms with Crippen LogP contribution in [0.3, 0.4) is 0 Å². The summed E-state index contributed by atoms with van der Waals surface area (Å²) in [6.45, 7) is 1.78. The molecule has 0 spiro atoms. The van der Waals surface area contributed by atoms with Gasteiger partial charge in [0, 0.05) is 22.9 Å². The first kappa shape index (κ1) is 16.3. The fourth-order valence-electron chi connectivity index (χ4n) is 1.73. The molecule has 7 nitrogen and oxygen atoms in total. The first-order valence-corrected chi connectivity index (χ1v) is 7.18. The lowest BCUT2D eigenvalue weighted by atomic mass is 10.1. The van der Waals surface area contributed by atoms with Crippen molar-refractivity contribution in [1.29, 1.82) is 0 Å². The number of aliphatic hydroxyl groups excluding tert-OH is 1. The molecule has 4 N–H and O–H groups in total. The molecule has 1 aromatic rings. The lowest BCUT2D eigenvalue weighted by Gasteiger charge is -2.22. The number of nitrogens with zero attached hydrogens (tertiary/aromatic N) is 1. The zero-order chi connectivity index (χ0) is 15.3. The molecule has 8 heteroatoms. The molecular formula is C12H17N3O4S. The number of benzene rings is 1. The van der Waals surface area contributed by atoms with Gasteiger partial charge in [0.1, 0.15) is 5.69 Å². The largest absolute Gasteiger partial charge is 0.395 e. The summed E-state index contributed by atoms with van der Waals surface area (Å²) < 4.78 is 0. The summed E-state index contributed by atoms with van der Waals surface area (Å²) in [6, 6.07) is 3.85. The van der Waals surface area contributed by atoms with Crippen LogP contribution in [0.2, 0.25) is 0 Å². The fourth-order valence-corrected chi connectivity index (χ4v) is 2.36. The molecule has 1 amide bonds. The molecule has 0 fully saturated rings. The standard InChI is InChI=1S/C12H17N3O4S/c1-7(11(6-16)20-2)14-9-4-3-8(12(13)17)5-10(9)15(18)19/h3-5,7,11,14,16H,6H2,1-2H3,(H2,13,17). The Balaban J connectivity index is 3.06. The lowest BCUT2D eigenvalue weighted by molar-refractivity contribution is -0.384. The Bertz CT molecular complexity index is 505. The molecule has 0 radical (unpaired) electrons. The monoisotopic (exact) mass is 299 g/mol. The van der Waals surface area contributed by atoms with Gasteiger partial charge in [0.25, 0.3) is 5.69 Å². The van der Waals surface area contributed by atoms with E-state index in [1.807, 2.05) is 13.2 Å². The van der Waals surface area contributed by atoms with E-state index in [1.165, 1.54) is 23.9 Å². The molecule has 2 atom stereocenters. The second-order valence-electron chi connectivity index (χ2n) is 4.24. The maximum absolute atomic E-state index is 11.1. The predicted molar refractivity (Wildman–Crippen MR) is 79.1 cm³/mol. The molecule has 0 saturated heterocycles. The maximum atomic E-state index is 11.1. The third kappa shape index (κ3) is 3.84. The van der Waals surface area contributed by atoms with E-state index >= 15 is 0 Å². The van der Waals surface area contributed by atoms with Crippen molar-refractivity contribution in [2.75, 3.05) is 18.2 Å². The third-order valence-corrected chi connectivity index (χ3v) is 4.07.